The van der Waals surface area contributed by atoms with Gasteiger partial charge >= 0.3 is 0 Å². The molecule has 0 bridgehead atoms. The van der Waals surface area contributed by atoms with Gasteiger partial charge in [-0.25, -0.2) is 0 Å². The van der Waals surface area contributed by atoms with Gasteiger partial charge in [0.05, 0.1) is 91.5 Å². The summed E-state index contributed by atoms with van der Waals surface area (Å²) in [5.41, 5.74) is -10.3. The Kier molecular flexibility index (Phi) is 11.0. The summed E-state index contributed by atoms with van der Waals surface area (Å²) in [5.74, 6) is 0. The van der Waals surface area contributed by atoms with E-state index in [0.29, 0.717) is 0 Å². The molecule has 0 aromatic rings. The fourth-order valence-electron chi connectivity index (χ4n) is 5.08. The quantitative estimate of drug-likeness (QED) is 0.136. The highest BCUT2D eigenvalue weighted by Crippen LogP contribution is 2.53. The molecule has 0 fully saturated rings. The van der Waals surface area contributed by atoms with Crippen LogP contribution in [0.2, 0.25) is 0 Å². The Labute approximate surface area is 197 Å². The molecule has 0 atom stereocenters. The minimum atomic E-state index is -1.61. The zero-order valence-electron chi connectivity index (χ0n) is 21.6. The second-order valence-electron chi connectivity index (χ2n) is 11.4. The van der Waals surface area contributed by atoms with Crippen molar-refractivity contribution in [2.24, 2.45) is 16.2 Å². The van der Waals surface area contributed by atoms with Crippen LogP contribution in [0.15, 0.2) is 0 Å². The fraction of sp³-hybridized carbons (Fsp3) is 1.00. The standard InChI is InChI=1S/C23H48O10/c1-17(2,30)23(14-29,18(3,4)31)20(7,8)33-19(5,6)22(12-27,13-28)16-32-15-21(9-24,10-25)11-26/h24-31H,9-16H2,1-8H3. The first-order chi connectivity index (χ1) is 14.8. The fourth-order valence-corrected chi connectivity index (χ4v) is 5.08. The van der Waals surface area contributed by atoms with Gasteiger partial charge in [0.1, 0.15) is 0 Å². The molecule has 0 aliphatic heterocycles. The van der Waals surface area contributed by atoms with E-state index in [2.05, 4.69) is 0 Å². The summed E-state index contributed by atoms with van der Waals surface area (Å²) in [6, 6.07) is 0. The lowest BCUT2D eigenvalue weighted by atomic mass is 9.55. The molecule has 0 saturated carbocycles. The molecular formula is C23H48O10. The lowest BCUT2D eigenvalue weighted by Gasteiger charge is -2.61. The van der Waals surface area contributed by atoms with Crippen molar-refractivity contribution >= 4 is 0 Å². The van der Waals surface area contributed by atoms with E-state index in [0.717, 1.165) is 0 Å². The van der Waals surface area contributed by atoms with E-state index in [1.807, 2.05) is 0 Å². The Hall–Kier alpha value is -0.400. The predicted octanol–water partition coefficient (Wildman–Crippen LogP) is -0.968. The number of ether oxygens (including phenoxy) is 2. The van der Waals surface area contributed by atoms with Gasteiger partial charge in [0.15, 0.2) is 0 Å². The number of hydrogen-bond acceptors (Lipinski definition) is 10. The van der Waals surface area contributed by atoms with E-state index < -0.39 is 78.3 Å². The third-order valence-corrected chi connectivity index (χ3v) is 7.54. The third-order valence-electron chi connectivity index (χ3n) is 7.54. The zero-order chi connectivity index (χ0) is 26.6. The van der Waals surface area contributed by atoms with E-state index in [1.54, 1.807) is 27.7 Å². The summed E-state index contributed by atoms with van der Waals surface area (Å²) < 4.78 is 12.1. The normalized spacial score (nSPS) is 15.3. The van der Waals surface area contributed by atoms with Crippen molar-refractivity contribution < 1.29 is 50.3 Å². The van der Waals surface area contributed by atoms with E-state index in [4.69, 9.17) is 9.47 Å². The second kappa shape index (κ2) is 11.1. The highest BCUT2D eigenvalue weighted by molar-refractivity contribution is 5.13. The molecule has 0 heterocycles. The molecule has 0 aromatic heterocycles. The van der Waals surface area contributed by atoms with Crippen LogP contribution in [0.1, 0.15) is 55.4 Å². The Morgan fingerprint density at radius 2 is 0.909 bits per heavy atom. The largest absolute Gasteiger partial charge is 0.396 e. The molecule has 200 valence electrons. The molecule has 10 heteroatoms. The van der Waals surface area contributed by atoms with Crippen LogP contribution < -0.4 is 0 Å². The highest BCUT2D eigenvalue weighted by atomic mass is 16.5. The van der Waals surface area contributed by atoms with Gasteiger partial charge in [-0.3, -0.25) is 0 Å². The molecule has 0 radical (unpaired) electrons. The van der Waals surface area contributed by atoms with E-state index in [1.165, 1.54) is 27.7 Å². The summed E-state index contributed by atoms with van der Waals surface area (Å²) in [6.45, 7) is 8.41. The first-order valence-corrected chi connectivity index (χ1v) is 11.2. The molecular weight excluding hydrogens is 436 g/mol. The van der Waals surface area contributed by atoms with E-state index >= 15 is 0 Å². The Morgan fingerprint density at radius 3 is 1.18 bits per heavy atom. The van der Waals surface area contributed by atoms with Crippen LogP contribution in [0, 0.1) is 16.2 Å². The van der Waals surface area contributed by atoms with Crippen molar-refractivity contribution in [3.63, 3.8) is 0 Å². The Bertz CT molecular complexity index is 559. The number of hydrogen-bond donors (Lipinski definition) is 8. The zero-order valence-corrected chi connectivity index (χ0v) is 21.6. The molecule has 10 nitrogen and oxygen atoms in total. The van der Waals surface area contributed by atoms with Gasteiger partial charge in [-0.15, -0.1) is 0 Å². The second-order valence-corrected chi connectivity index (χ2v) is 11.4. The molecule has 33 heavy (non-hydrogen) atoms. The molecule has 0 unspecified atom stereocenters. The van der Waals surface area contributed by atoms with Crippen LogP contribution in [0.5, 0.6) is 0 Å². The summed E-state index contributed by atoms with van der Waals surface area (Å²) in [6.07, 6.45) is 0. The van der Waals surface area contributed by atoms with Crippen LogP contribution >= 0.6 is 0 Å². The van der Waals surface area contributed by atoms with Gasteiger partial charge in [0, 0.05) is 0 Å². The summed E-state index contributed by atoms with van der Waals surface area (Å²) in [4.78, 5) is 0. The maximum absolute atomic E-state index is 11.0. The maximum Gasteiger partial charge on any atom is 0.0782 e. The van der Waals surface area contributed by atoms with E-state index in [-0.39, 0.29) is 13.2 Å². The van der Waals surface area contributed by atoms with Gasteiger partial charge in [0.25, 0.3) is 0 Å². The van der Waals surface area contributed by atoms with Gasteiger partial charge in [-0.1, -0.05) is 0 Å². The Morgan fingerprint density at radius 1 is 0.515 bits per heavy atom. The predicted molar refractivity (Wildman–Crippen MR) is 122 cm³/mol. The van der Waals surface area contributed by atoms with Crippen molar-refractivity contribution in [1.29, 1.82) is 0 Å². The number of aliphatic hydroxyl groups excluding tert-OH is 6. The first kappa shape index (κ1) is 32.6. The van der Waals surface area contributed by atoms with Crippen LogP contribution in [-0.4, -0.2) is 116 Å². The van der Waals surface area contributed by atoms with Crippen molar-refractivity contribution in [1.82, 2.24) is 0 Å². The maximum atomic E-state index is 11.0. The monoisotopic (exact) mass is 484 g/mol. The van der Waals surface area contributed by atoms with Gasteiger partial charge < -0.3 is 50.3 Å². The van der Waals surface area contributed by atoms with Crippen LogP contribution in [0.3, 0.4) is 0 Å². The van der Waals surface area contributed by atoms with Crippen molar-refractivity contribution in [3.05, 3.63) is 0 Å². The third kappa shape index (κ3) is 6.06. The average molecular weight is 485 g/mol. The molecule has 8 N–H and O–H groups in total. The number of rotatable bonds is 16. The SMILES string of the molecule is CC(C)(O)C(CO)(C(C)(C)O)C(C)(C)OC(C)(C)C(CO)(CO)COCC(CO)(CO)CO. The molecule has 0 aromatic carbocycles. The van der Waals surface area contributed by atoms with Crippen LogP contribution in [-0.2, 0) is 9.47 Å². The molecule has 0 amide bonds. The van der Waals surface area contributed by atoms with E-state index in [9.17, 15) is 40.9 Å². The molecule has 0 rings (SSSR count). The van der Waals surface area contributed by atoms with Gasteiger partial charge in [0.2, 0.25) is 0 Å². The van der Waals surface area contributed by atoms with Crippen molar-refractivity contribution in [3.8, 4) is 0 Å². The van der Waals surface area contributed by atoms with Gasteiger partial charge in [-0.05, 0) is 55.4 Å². The lowest BCUT2D eigenvalue weighted by Crippen LogP contribution is -2.72. The average Bonchev–Trinajstić information content (AvgIpc) is 2.66. The molecule has 0 saturated heterocycles. The minimum absolute atomic E-state index is 0.244. The highest BCUT2D eigenvalue weighted by Gasteiger charge is 2.65. The van der Waals surface area contributed by atoms with Crippen LogP contribution in [0.4, 0.5) is 0 Å². The first-order valence-electron chi connectivity index (χ1n) is 11.2. The topological polar surface area (TPSA) is 180 Å². The molecule has 0 spiro atoms. The molecule has 0 aliphatic carbocycles. The Balaban J connectivity index is 6.22. The summed E-state index contributed by atoms with van der Waals surface area (Å²) >= 11 is 0. The van der Waals surface area contributed by atoms with Crippen molar-refractivity contribution in [2.75, 3.05) is 52.9 Å². The molecule has 0 aliphatic rings. The minimum Gasteiger partial charge on any atom is -0.396 e. The summed E-state index contributed by atoms with van der Waals surface area (Å²) in [7, 11) is 0. The summed E-state index contributed by atoms with van der Waals surface area (Å²) in [5, 5.41) is 81.5. The smallest absolute Gasteiger partial charge is 0.0782 e. The van der Waals surface area contributed by atoms with Crippen LogP contribution in [0.25, 0.3) is 0 Å². The van der Waals surface area contributed by atoms with Crippen molar-refractivity contribution in [2.45, 2.75) is 77.8 Å². The number of aliphatic hydroxyl groups is 8. The van der Waals surface area contributed by atoms with Gasteiger partial charge in [-0.2, -0.15) is 0 Å². The lowest BCUT2D eigenvalue weighted by molar-refractivity contribution is -0.318.